The number of carbonyl (C=O) groups is 1. The van der Waals surface area contributed by atoms with E-state index in [0.29, 0.717) is 37.9 Å². The Kier molecular flexibility index (Phi) is 12.0. The standard InChI is InChI=1S/C19H31FN4O2.HI/c1-6-21-17(25)19(4,5)13-24-18(22-7-2)23-12-14(3)26-16-10-8-15(20)9-11-16;/h8-11,14H,6-7,12-13H2,1-5H3,(H,21,25)(H2,22,23,24);1H. The molecule has 0 saturated heterocycles. The second-order valence-corrected chi connectivity index (χ2v) is 6.70. The van der Waals surface area contributed by atoms with Crippen LogP contribution < -0.4 is 20.7 Å². The zero-order valence-corrected chi connectivity index (χ0v) is 19.1. The van der Waals surface area contributed by atoms with E-state index in [1.54, 1.807) is 12.1 Å². The minimum Gasteiger partial charge on any atom is -0.489 e. The fourth-order valence-corrected chi connectivity index (χ4v) is 2.12. The van der Waals surface area contributed by atoms with Crippen molar-refractivity contribution < 1.29 is 13.9 Å². The Balaban J connectivity index is 0.00000676. The highest BCUT2D eigenvalue weighted by Crippen LogP contribution is 2.15. The molecular weight excluding hydrogens is 462 g/mol. The lowest BCUT2D eigenvalue weighted by atomic mass is 9.92. The molecule has 1 aromatic rings. The highest BCUT2D eigenvalue weighted by atomic mass is 127. The quantitative estimate of drug-likeness (QED) is 0.281. The summed E-state index contributed by atoms with van der Waals surface area (Å²) >= 11 is 0. The molecule has 0 aliphatic carbocycles. The van der Waals surface area contributed by atoms with E-state index < -0.39 is 5.41 Å². The molecule has 0 saturated carbocycles. The summed E-state index contributed by atoms with van der Waals surface area (Å²) in [6.45, 7) is 11.7. The molecule has 0 bridgehead atoms. The third-order valence-corrected chi connectivity index (χ3v) is 3.64. The molecule has 27 heavy (non-hydrogen) atoms. The molecule has 0 aromatic heterocycles. The van der Waals surface area contributed by atoms with E-state index in [0.717, 1.165) is 0 Å². The SMILES string of the molecule is CCNC(=O)C(C)(C)CN=C(NCC)NCC(C)Oc1ccc(F)cc1.I. The van der Waals surface area contributed by atoms with Crippen molar-refractivity contribution in [3.63, 3.8) is 0 Å². The first-order chi connectivity index (χ1) is 12.3. The lowest BCUT2D eigenvalue weighted by Crippen LogP contribution is -2.44. The van der Waals surface area contributed by atoms with Gasteiger partial charge in [0.15, 0.2) is 5.96 Å². The van der Waals surface area contributed by atoms with Crippen molar-refractivity contribution in [2.24, 2.45) is 10.4 Å². The van der Waals surface area contributed by atoms with Gasteiger partial charge in [0.05, 0.1) is 18.5 Å². The Morgan fingerprint density at radius 2 is 1.74 bits per heavy atom. The lowest BCUT2D eigenvalue weighted by molar-refractivity contribution is -0.128. The molecule has 0 radical (unpaired) electrons. The molecule has 1 aromatic carbocycles. The fraction of sp³-hybridized carbons (Fsp3) is 0.579. The van der Waals surface area contributed by atoms with Gasteiger partial charge in [-0.25, -0.2) is 4.39 Å². The molecule has 0 fully saturated rings. The summed E-state index contributed by atoms with van der Waals surface area (Å²) in [5, 5.41) is 9.19. The number of guanidine groups is 1. The molecule has 1 rings (SSSR count). The molecule has 0 spiro atoms. The van der Waals surface area contributed by atoms with Crippen molar-refractivity contribution in [1.82, 2.24) is 16.0 Å². The maximum atomic E-state index is 12.9. The zero-order chi connectivity index (χ0) is 19.6. The monoisotopic (exact) mass is 494 g/mol. The number of nitrogens with one attached hydrogen (secondary N) is 3. The number of carbonyl (C=O) groups excluding carboxylic acids is 1. The van der Waals surface area contributed by atoms with Gasteiger partial charge in [0.25, 0.3) is 0 Å². The molecule has 0 aliphatic rings. The van der Waals surface area contributed by atoms with Crippen LogP contribution in [0, 0.1) is 11.2 Å². The number of ether oxygens (including phenoxy) is 1. The summed E-state index contributed by atoms with van der Waals surface area (Å²) in [6.07, 6.45) is -0.138. The highest BCUT2D eigenvalue weighted by Gasteiger charge is 2.26. The van der Waals surface area contributed by atoms with E-state index in [1.807, 2.05) is 34.6 Å². The molecule has 6 nitrogen and oxygen atoms in total. The van der Waals surface area contributed by atoms with E-state index in [4.69, 9.17) is 4.74 Å². The van der Waals surface area contributed by atoms with Crippen molar-refractivity contribution >= 4 is 35.8 Å². The van der Waals surface area contributed by atoms with Gasteiger partial charge in [0.1, 0.15) is 17.7 Å². The van der Waals surface area contributed by atoms with Gasteiger partial charge in [0.2, 0.25) is 5.91 Å². The van der Waals surface area contributed by atoms with Crippen LogP contribution in [-0.4, -0.2) is 44.1 Å². The number of halogens is 2. The summed E-state index contributed by atoms with van der Waals surface area (Å²) in [7, 11) is 0. The highest BCUT2D eigenvalue weighted by molar-refractivity contribution is 14.0. The van der Waals surface area contributed by atoms with E-state index in [-0.39, 0.29) is 41.8 Å². The normalized spacial score (nSPS) is 12.6. The molecule has 1 unspecified atom stereocenters. The third-order valence-electron chi connectivity index (χ3n) is 3.64. The Labute approximate surface area is 178 Å². The van der Waals surface area contributed by atoms with Gasteiger partial charge in [-0.05, 0) is 58.9 Å². The number of hydrogen-bond acceptors (Lipinski definition) is 3. The van der Waals surface area contributed by atoms with Gasteiger partial charge >= 0.3 is 0 Å². The predicted molar refractivity (Wildman–Crippen MR) is 118 cm³/mol. The molecule has 8 heteroatoms. The number of hydrogen-bond donors (Lipinski definition) is 3. The maximum absolute atomic E-state index is 12.9. The number of aliphatic imine (C=N–C) groups is 1. The topological polar surface area (TPSA) is 74.8 Å². The Bertz CT molecular complexity index is 594. The van der Waals surface area contributed by atoms with Crippen molar-refractivity contribution in [3.05, 3.63) is 30.1 Å². The Hall–Kier alpha value is -1.58. The van der Waals surface area contributed by atoms with Crippen molar-refractivity contribution in [3.8, 4) is 5.75 Å². The van der Waals surface area contributed by atoms with Crippen LogP contribution in [0.15, 0.2) is 29.3 Å². The van der Waals surface area contributed by atoms with Gasteiger partial charge in [-0.2, -0.15) is 0 Å². The fourth-order valence-electron chi connectivity index (χ4n) is 2.12. The average Bonchev–Trinajstić information content (AvgIpc) is 2.59. The Morgan fingerprint density at radius 1 is 1.15 bits per heavy atom. The minimum atomic E-state index is -0.589. The van der Waals surface area contributed by atoms with Crippen LogP contribution in [-0.2, 0) is 4.79 Å². The predicted octanol–water partition coefficient (Wildman–Crippen LogP) is 2.93. The van der Waals surface area contributed by atoms with Gasteiger partial charge in [-0.15, -0.1) is 24.0 Å². The largest absolute Gasteiger partial charge is 0.489 e. The maximum Gasteiger partial charge on any atom is 0.227 e. The smallest absolute Gasteiger partial charge is 0.227 e. The van der Waals surface area contributed by atoms with Crippen LogP contribution in [0.1, 0.15) is 34.6 Å². The summed E-state index contributed by atoms with van der Waals surface area (Å²) in [5.41, 5.74) is -0.589. The van der Waals surface area contributed by atoms with Crippen LogP contribution in [0.5, 0.6) is 5.75 Å². The third kappa shape index (κ3) is 9.78. The van der Waals surface area contributed by atoms with Crippen LogP contribution in [0.2, 0.25) is 0 Å². The van der Waals surface area contributed by atoms with E-state index >= 15 is 0 Å². The first-order valence-electron chi connectivity index (χ1n) is 9.01. The van der Waals surface area contributed by atoms with E-state index in [1.165, 1.54) is 12.1 Å². The first kappa shape index (κ1) is 25.4. The molecule has 0 aliphatic heterocycles. The van der Waals surface area contributed by atoms with Crippen LogP contribution in [0.3, 0.4) is 0 Å². The summed E-state index contributed by atoms with van der Waals surface area (Å²) in [5.74, 6) is 0.923. The number of nitrogens with zero attached hydrogens (tertiary/aromatic N) is 1. The summed E-state index contributed by atoms with van der Waals surface area (Å²) < 4.78 is 18.7. The first-order valence-corrected chi connectivity index (χ1v) is 9.01. The number of benzene rings is 1. The summed E-state index contributed by atoms with van der Waals surface area (Å²) in [6, 6.07) is 5.93. The van der Waals surface area contributed by atoms with Crippen LogP contribution in [0.4, 0.5) is 4.39 Å². The molecule has 0 heterocycles. The second kappa shape index (κ2) is 12.7. The molecule has 1 atom stereocenters. The lowest BCUT2D eigenvalue weighted by Gasteiger charge is -2.22. The van der Waals surface area contributed by atoms with Crippen molar-refractivity contribution in [2.45, 2.75) is 40.7 Å². The second-order valence-electron chi connectivity index (χ2n) is 6.70. The molecule has 154 valence electrons. The van der Waals surface area contributed by atoms with Crippen LogP contribution in [0.25, 0.3) is 0 Å². The van der Waals surface area contributed by atoms with Gasteiger partial charge in [0, 0.05) is 13.1 Å². The van der Waals surface area contributed by atoms with Gasteiger partial charge < -0.3 is 20.7 Å². The van der Waals surface area contributed by atoms with Crippen molar-refractivity contribution in [1.29, 1.82) is 0 Å². The molecular formula is C19H32FIN4O2. The van der Waals surface area contributed by atoms with Crippen LogP contribution >= 0.6 is 24.0 Å². The van der Waals surface area contributed by atoms with Gasteiger partial charge in [-0.3, -0.25) is 9.79 Å². The summed E-state index contributed by atoms with van der Waals surface area (Å²) in [4.78, 5) is 16.6. The Morgan fingerprint density at radius 3 is 2.30 bits per heavy atom. The average molecular weight is 494 g/mol. The number of rotatable bonds is 9. The zero-order valence-electron chi connectivity index (χ0n) is 16.8. The van der Waals surface area contributed by atoms with Gasteiger partial charge in [-0.1, -0.05) is 0 Å². The number of amides is 1. The molecule has 3 N–H and O–H groups in total. The van der Waals surface area contributed by atoms with E-state index in [2.05, 4.69) is 20.9 Å². The van der Waals surface area contributed by atoms with Crippen molar-refractivity contribution in [2.75, 3.05) is 26.2 Å². The van der Waals surface area contributed by atoms with E-state index in [9.17, 15) is 9.18 Å². The minimum absolute atomic E-state index is 0. The molecule has 1 amide bonds.